The third-order valence-electron chi connectivity index (χ3n) is 5.70. The quantitative estimate of drug-likeness (QED) is 0.644. The number of carbonyl (C=O) groups excluding carboxylic acids is 1. The molecular weight excluding hydrogens is 300 g/mol. The molecule has 0 atom stereocenters. The van der Waals surface area contributed by atoms with Crippen molar-refractivity contribution in [3.63, 3.8) is 0 Å². The van der Waals surface area contributed by atoms with Crippen LogP contribution in [0.5, 0.6) is 5.75 Å². The molecule has 120 valence electrons. The summed E-state index contributed by atoms with van der Waals surface area (Å²) in [5.74, 6) is 1.74. The lowest BCUT2D eigenvalue weighted by Gasteiger charge is -2.34. The number of rotatable bonds is 1. The van der Waals surface area contributed by atoms with E-state index in [1.165, 1.54) is 0 Å². The third-order valence-corrected chi connectivity index (χ3v) is 5.70. The number of hydrogen-bond acceptors (Lipinski definition) is 3. The normalized spacial score (nSPS) is 18.0. The highest BCUT2D eigenvalue weighted by molar-refractivity contribution is 6.19. The lowest BCUT2D eigenvalue weighted by molar-refractivity contribution is 0.102. The molecule has 0 amide bonds. The maximum absolute atomic E-state index is 13.2. The molecule has 1 saturated carbocycles. The van der Waals surface area contributed by atoms with Gasteiger partial charge in [0.15, 0.2) is 5.78 Å². The first kappa shape index (κ1) is 13.8. The number of ether oxygens (including phenoxy) is 1. The molecule has 1 fully saturated rings. The molecule has 24 heavy (non-hydrogen) atoms. The summed E-state index contributed by atoms with van der Waals surface area (Å²) in [6.45, 7) is 0. The Bertz CT molecular complexity index is 974. The number of para-hydroxylation sites is 1. The first-order valence-electron chi connectivity index (χ1n) is 8.50. The molecule has 2 aliphatic rings. The smallest absolute Gasteiger partial charge is 0.197 e. The Balaban J connectivity index is 1.89. The highest BCUT2D eigenvalue weighted by atomic mass is 16.5. The average molecular weight is 318 g/mol. The molecule has 2 aliphatic carbocycles. The molecule has 5 rings (SSSR count). The number of furan rings is 1. The Kier molecular flexibility index (Phi) is 2.73. The fourth-order valence-electron chi connectivity index (χ4n) is 4.58. The summed E-state index contributed by atoms with van der Waals surface area (Å²) in [5.41, 5.74) is 3.27. The van der Waals surface area contributed by atoms with Crippen LogP contribution in [0.15, 0.2) is 46.9 Å². The Morgan fingerprint density at radius 3 is 2.67 bits per heavy atom. The van der Waals surface area contributed by atoms with Crippen LogP contribution in [0.2, 0.25) is 0 Å². The second kappa shape index (κ2) is 4.73. The molecule has 3 nitrogen and oxygen atoms in total. The lowest BCUT2D eigenvalue weighted by atomic mass is 9.68. The summed E-state index contributed by atoms with van der Waals surface area (Å²) in [6.07, 6.45) is 4.35. The van der Waals surface area contributed by atoms with Crippen molar-refractivity contribution in [3.05, 3.63) is 64.9 Å². The van der Waals surface area contributed by atoms with E-state index in [9.17, 15) is 4.79 Å². The molecule has 0 aliphatic heterocycles. The van der Waals surface area contributed by atoms with Crippen LogP contribution in [0.1, 0.15) is 52.9 Å². The zero-order valence-corrected chi connectivity index (χ0v) is 13.6. The van der Waals surface area contributed by atoms with Crippen LogP contribution in [0.3, 0.4) is 0 Å². The Hall–Kier alpha value is -2.55. The standard InChI is InChI=1S/C21H18O3/c1-23-13-8-9-14-16(12-13)21(10-4-5-11-21)20-18(19(14)22)15-6-2-3-7-17(15)24-20/h2-3,6-9,12H,4-5,10-11H2,1H3. The van der Waals surface area contributed by atoms with Gasteiger partial charge >= 0.3 is 0 Å². The van der Waals surface area contributed by atoms with Gasteiger partial charge in [-0.25, -0.2) is 0 Å². The van der Waals surface area contributed by atoms with Gasteiger partial charge in [-0.05, 0) is 42.7 Å². The zero-order chi connectivity index (χ0) is 16.3. The Labute approximate surface area is 140 Å². The molecule has 0 bridgehead atoms. The first-order valence-corrected chi connectivity index (χ1v) is 8.50. The predicted molar refractivity (Wildman–Crippen MR) is 91.9 cm³/mol. The van der Waals surface area contributed by atoms with Gasteiger partial charge in [-0.3, -0.25) is 4.79 Å². The van der Waals surface area contributed by atoms with Crippen molar-refractivity contribution in [2.45, 2.75) is 31.1 Å². The summed E-state index contributed by atoms with van der Waals surface area (Å²) in [6, 6.07) is 13.7. The van der Waals surface area contributed by atoms with E-state index < -0.39 is 0 Å². The van der Waals surface area contributed by atoms with E-state index in [0.29, 0.717) is 0 Å². The minimum absolute atomic E-state index is 0.0742. The van der Waals surface area contributed by atoms with Gasteiger partial charge in [0.25, 0.3) is 0 Å². The van der Waals surface area contributed by atoms with Gasteiger partial charge < -0.3 is 9.15 Å². The van der Waals surface area contributed by atoms with E-state index in [1.54, 1.807) is 7.11 Å². The monoisotopic (exact) mass is 318 g/mol. The van der Waals surface area contributed by atoms with E-state index in [0.717, 1.165) is 64.9 Å². The molecule has 0 N–H and O–H groups in total. The van der Waals surface area contributed by atoms with Gasteiger partial charge in [0, 0.05) is 10.9 Å². The number of hydrogen-bond donors (Lipinski definition) is 0. The summed E-state index contributed by atoms with van der Waals surface area (Å²) >= 11 is 0. The topological polar surface area (TPSA) is 39.4 Å². The van der Waals surface area contributed by atoms with E-state index in [4.69, 9.17) is 9.15 Å². The predicted octanol–water partition coefficient (Wildman–Crippen LogP) is 4.85. The summed E-state index contributed by atoms with van der Waals surface area (Å²) in [5, 5.41) is 0.935. The van der Waals surface area contributed by atoms with E-state index >= 15 is 0 Å². The Morgan fingerprint density at radius 1 is 1.08 bits per heavy atom. The van der Waals surface area contributed by atoms with Crippen LogP contribution >= 0.6 is 0 Å². The van der Waals surface area contributed by atoms with Gasteiger partial charge in [-0.2, -0.15) is 0 Å². The van der Waals surface area contributed by atoms with Crippen molar-refractivity contribution in [3.8, 4) is 5.75 Å². The number of benzene rings is 2. The van der Waals surface area contributed by atoms with Crippen molar-refractivity contribution in [2.75, 3.05) is 7.11 Å². The highest BCUT2D eigenvalue weighted by Crippen LogP contribution is 2.54. The number of methoxy groups -OCH3 is 1. The summed E-state index contributed by atoms with van der Waals surface area (Å²) in [7, 11) is 1.67. The number of carbonyl (C=O) groups is 1. The van der Waals surface area contributed by atoms with E-state index in [2.05, 4.69) is 0 Å². The first-order chi connectivity index (χ1) is 11.7. The van der Waals surface area contributed by atoms with Gasteiger partial charge in [-0.15, -0.1) is 0 Å². The minimum Gasteiger partial charge on any atom is -0.497 e. The molecular formula is C21H18O3. The fourth-order valence-corrected chi connectivity index (χ4v) is 4.58. The van der Waals surface area contributed by atoms with Gasteiger partial charge in [0.05, 0.1) is 18.1 Å². The van der Waals surface area contributed by atoms with Crippen LogP contribution < -0.4 is 4.74 Å². The van der Waals surface area contributed by atoms with Gasteiger partial charge in [-0.1, -0.05) is 31.0 Å². The largest absolute Gasteiger partial charge is 0.497 e. The second-order valence-corrected chi connectivity index (χ2v) is 6.83. The minimum atomic E-state index is -0.188. The zero-order valence-electron chi connectivity index (χ0n) is 13.6. The molecule has 1 spiro atoms. The average Bonchev–Trinajstić information content (AvgIpc) is 3.25. The van der Waals surface area contributed by atoms with Crippen LogP contribution in [0, 0.1) is 0 Å². The maximum Gasteiger partial charge on any atom is 0.197 e. The summed E-state index contributed by atoms with van der Waals surface area (Å²) in [4.78, 5) is 13.2. The van der Waals surface area contributed by atoms with Crippen LogP contribution in [-0.2, 0) is 5.41 Å². The van der Waals surface area contributed by atoms with Crippen molar-refractivity contribution < 1.29 is 13.9 Å². The number of ketones is 1. The molecule has 0 radical (unpaired) electrons. The van der Waals surface area contributed by atoms with E-state index in [-0.39, 0.29) is 11.2 Å². The maximum atomic E-state index is 13.2. The Morgan fingerprint density at radius 2 is 1.88 bits per heavy atom. The van der Waals surface area contributed by atoms with Crippen LogP contribution in [0.4, 0.5) is 0 Å². The van der Waals surface area contributed by atoms with Gasteiger partial charge in [0.2, 0.25) is 0 Å². The molecule has 3 heteroatoms. The lowest BCUT2D eigenvalue weighted by Crippen LogP contribution is -2.32. The van der Waals surface area contributed by atoms with Gasteiger partial charge in [0.1, 0.15) is 17.1 Å². The highest BCUT2D eigenvalue weighted by Gasteiger charge is 2.49. The van der Waals surface area contributed by atoms with Crippen molar-refractivity contribution in [2.24, 2.45) is 0 Å². The molecule has 0 saturated heterocycles. The van der Waals surface area contributed by atoms with Crippen molar-refractivity contribution >= 4 is 16.8 Å². The van der Waals surface area contributed by atoms with Crippen molar-refractivity contribution in [1.82, 2.24) is 0 Å². The van der Waals surface area contributed by atoms with E-state index in [1.807, 2.05) is 42.5 Å². The molecule has 0 unspecified atom stereocenters. The van der Waals surface area contributed by atoms with Crippen molar-refractivity contribution in [1.29, 1.82) is 0 Å². The fraction of sp³-hybridized carbons (Fsp3) is 0.286. The number of fused-ring (bicyclic) bond motifs is 6. The summed E-state index contributed by atoms with van der Waals surface area (Å²) < 4.78 is 11.7. The molecule has 1 heterocycles. The SMILES string of the molecule is COc1ccc2c(c1)C1(CCCC1)c1oc3ccccc3c1C2=O. The molecule has 2 aromatic carbocycles. The second-order valence-electron chi connectivity index (χ2n) is 6.83. The molecule has 1 aromatic heterocycles. The van der Waals surface area contributed by atoms with Crippen LogP contribution in [-0.4, -0.2) is 12.9 Å². The van der Waals surface area contributed by atoms with Crippen LogP contribution in [0.25, 0.3) is 11.0 Å². The molecule has 3 aromatic rings. The third kappa shape index (κ3) is 1.59.